The van der Waals surface area contributed by atoms with E-state index in [1.807, 2.05) is 6.07 Å². The summed E-state index contributed by atoms with van der Waals surface area (Å²) >= 11 is 6.87. The van der Waals surface area contributed by atoms with Gasteiger partial charge in [-0.1, -0.05) is 18.2 Å². The SMILES string of the molecule is ClCC[SH+]c1ccccc1. The zero-order valence-corrected chi connectivity index (χ0v) is 7.28. The average molecular weight is 174 g/mol. The van der Waals surface area contributed by atoms with E-state index in [1.165, 1.54) is 16.7 Å². The van der Waals surface area contributed by atoms with Crippen LogP contribution in [0.3, 0.4) is 0 Å². The Balaban J connectivity index is 2.43. The summed E-state index contributed by atoms with van der Waals surface area (Å²) in [6, 6.07) is 10.4. The van der Waals surface area contributed by atoms with Crippen LogP contribution in [0.25, 0.3) is 0 Å². The van der Waals surface area contributed by atoms with Crippen molar-refractivity contribution in [2.24, 2.45) is 0 Å². The zero-order valence-electron chi connectivity index (χ0n) is 5.63. The van der Waals surface area contributed by atoms with Crippen molar-refractivity contribution in [3.8, 4) is 0 Å². The molecule has 0 aliphatic rings. The number of hydrogen-bond acceptors (Lipinski definition) is 0. The van der Waals surface area contributed by atoms with Gasteiger partial charge in [0.1, 0.15) is 5.75 Å². The first-order valence-electron chi connectivity index (χ1n) is 3.22. The molecular formula is C8H10ClS+. The van der Waals surface area contributed by atoms with Gasteiger partial charge in [-0.25, -0.2) is 0 Å². The number of halogens is 1. The second kappa shape index (κ2) is 4.64. The van der Waals surface area contributed by atoms with Gasteiger partial charge in [-0.15, -0.1) is 11.6 Å². The quantitative estimate of drug-likeness (QED) is 0.373. The first kappa shape index (κ1) is 7.96. The molecule has 0 spiro atoms. The van der Waals surface area contributed by atoms with Crippen molar-refractivity contribution in [1.29, 1.82) is 0 Å². The Labute approximate surface area is 70.6 Å². The van der Waals surface area contributed by atoms with Crippen LogP contribution in [0.1, 0.15) is 0 Å². The van der Waals surface area contributed by atoms with Crippen LogP contribution in [0.4, 0.5) is 0 Å². The van der Waals surface area contributed by atoms with Crippen LogP contribution >= 0.6 is 11.6 Å². The smallest absolute Gasteiger partial charge is 0.122 e. The largest absolute Gasteiger partial charge is 0.152 e. The normalized spacial score (nSPS) is 9.70. The molecule has 54 valence electrons. The molecule has 0 atom stereocenters. The maximum absolute atomic E-state index is 5.54. The number of benzene rings is 1. The maximum Gasteiger partial charge on any atom is 0.152 e. The minimum Gasteiger partial charge on any atom is -0.122 e. The van der Waals surface area contributed by atoms with Crippen molar-refractivity contribution in [3.05, 3.63) is 30.3 Å². The van der Waals surface area contributed by atoms with Gasteiger partial charge >= 0.3 is 0 Å². The maximum atomic E-state index is 5.54. The lowest BCUT2D eigenvalue weighted by atomic mass is 10.4. The average Bonchev–Trinajstić information content (AvgIpc) is 2.03. The molecule has 0 aliphatic heterocycles. The van der Waals surface area contributed by atoms with E-state index in [4.69, 9.17) is 11.6 Å². The summed E-state index contributed by atoms with van der Waals surface area (Å²) < 4.78 is 0. The van der Waals surface area contributed by atoms with Gasteiger partial charge in [-0.05, 0) is 12.1 Å². The molecular weight excluding hydrogens is 164 g/mol. The molecule has 0 fully saturated rings. The summed E-state index contributed by atoms with van der Waals surface area (Å²) in [4.78, 5) is 1.35. The van der Waals surface area contributed by atoms with Crippen LogP contribution in [-0.2, 0) is 11.8 Å². The Morgan fingerprint density at radius 2 is 1.90 bits per heavy atom. The van der Waals surface area contributed by atoms with Gasteiger partial charge in [-0.3, -0.25) is 0 Å². The molecule has 0 saturated carbocycles. The zero-order chi connectivity index (χ0) is 7.23. The van der Waals surface area contributed by atoms with Crippen molar-refractivity contribution in [2.45, 2.75) is 4.90 Å². The third kappa shape index (κ3) is 2.63. The van der Waals surface area contributed by atoms with Crippen LogP contribution in [0.5, 0.6) is 0 Å². The van der Waals surface area contributed by atoms with Crippen molar-refractivity contribution >= 4 is 23.4 Å². The highest BCUT2D eigenvalue weighted by atomic mass is 35.5. The molecule has 1 rings (SSSR count). The molecule has 0 aromatic heterocycles. The minimum atomic E-state index is 0.746. The first-order chi connectivity index (χ1) is 4.93. The minimum absolute atomic E-state index is 0.746. The molecule has 10 heavy (non-hydrogen) atoms. The molecule has 0 saturated heterocycles. The second-order valence-electron chi connectivity index (χ2n) is 1.91. The monoisotopic (exact) mass is 173 g/mol. The molecule has 1 aromatic rings. The summed E-state index contributed by atoms with van der Waals surface area (Å²) in [5.41, 5.74) is 0. The van der Waals surface area contributed by atoms with E-state index in [2.05, 4.69) is 24.3 Å². The van der Waals surface area contributed by atoms with Gasteiger partial charge in [0.15, 0.2) is 4.90 Å². The number of hydrogen-bond donors (Lipinski definition) is 0. The lowest BCUT2D eigenvalue weighted by Crippen LogP contribution is -1.89. The second-order valence-corrected chi connectivity index (χ2v) is 3.56. The fourth-order valence-electron chi connectivity index (χ4n) is 0.705. The van der Waals surface area contributed by atoms with E-state index in [0.717, 1.165) is 11.6 Å². The number of thiol groups is 1. The summed E-state index contributed by atoms with van der Waals surface area (Å²) in [6.45, 7) is 0. The summed E-state index contributed by atoms with van der Waals surface area (Å²) in [5, 5.41) is 0. The predicted molar refractivity (Wildman–Crippen MR) is 49.1 cm³/mol. The van der Waals surface area contributed by atoms with E-state index in [1.54, 1.807) is 0 Å². The lowest BCUT2D eigenvalue weighted by molar-refractivity contribution is 1.43. The van der Waals surface area contributed by atoms with Crippen molar-refractivity contribution in [1.82, 2.24) is 0 Å². The molecule has 0 bridgehead atoms. The standard InChI is InChI=1S/C8H9ClS/c9-6-7-10-8-4-2-1-3-5-8/h1-5H,6-7H2/p+1. The molecule has 0 radical (unpaired) electrons. The molecule has 0 amide bonds. The molecule has 2 heteroatoms. The Bertz CT molecular complexity index is 174. The van der Waals surface area contributed by atoms with Gasteiger partial charge < -0.3 is 0 Å². The molecule has 0 heterocycles. The fourth-order valence-corrected chi connectivity index (χ4v) is 1.68. The molecule has 0 unspecified atom stereocenters. The van der Waals surface area contributed by atoms with Crippen LogP contribution in [0, 0.1) is 0 Å². The fraction of sp³-hybridized carbons (Fsp3) is 0.250. The van der Waals surface area contributed by atoms with E-state index in [9.17, 15) is 0 Å². The molecule has 0 N–H and O–H groups in total. The molecule has 0 nitrogen and oxygen atoms in total. The van der Waals surface area contributed by atoms with Crippen molar-refractivity contribution < 1.29 is 0 Å². The van der Waals surface area contributed by atoms with E-state index in [-0.39, 0.29) is 0 Å². The third-order valence-electron chi connectivity index (χ3n) is 1.14. The van der Waals surface area contributed by atoms with Crippen LogP contribution in [0.15, 0.2) is 35.2 Å². The number of alkyl halides is 1. The predicted octanol–water partition coefficient (Wildman–Crippen LogP) is 2.10. The van der Waals surface area contributed by atoms with Gasteiger partial charge in [0.25, 0.3) is 0 Å². The molecule has 0 aliphatic carbocycles. The molecule has 1 aromatic carbocycles. The summed E-state index contributed by atoms with van der Waals surface area (Å²) in [5.74, 6) is 1.79. The Hall–Kier alpha value is -0.140. The van der Waals surface area contributed by atoms with Crippen molar-refractivity contribution in [3.63, 3.8) is 0 Å². The number of rotatable bonds is 3. The highest BCUT2D eigenvalue weighted by molar-refractivity contribution is 7.78. The lowest BCUT2D eigenvalue weighted by Gasteiger charge is -1.86. The Morgan fingerprint density at radius 1 is 1.20 bits per heavy atom. The highest BCUT2D eigenvalue weighted by Crippen LogP contribution is 2.01. The van der Waals surface area contributed by atoms with Gasteiger partial charge in [0.05, 0.1) is 5.88 Å². The van der Waals surface area contributed by atoms with Gasteiger partial charge in [0.2, 0.25) is 0 Å². The van der Waals surface area contributed by atoms with Gasteiger partial charge in [-0.2, -0.15) is 0 Å². The van der Waals surface area contributed by atoms with E-state index < -0.39 is 0 Å². The van der Waals surface area contributed by atoms with E-state index >= 15 is 0 Å². The topological polar surface area (TPSA) is 0 Å². The summed E-state index contributed by atoms with van der Waals surface area (Å²) in [6.07, 6.45) is 0. The van der Waals surface area contributed by atoms with Crippen LogP contribution < -0.4 is 0 Å². The summed E-state index contributed by atoms with van der Waals surface area (Å²) in [7, 11) is 0. The highest BCUT2D eigenvalue weighted by Gasteiger charge is 1.97. The Kier molecular flexibility index (Phi) is 3.69. The van der Waals surface area contributed by atoms with Crippen LogP contribution in [-0.4, -0.2) is 11.6 Å². The first-order valence-corrected chi connectivity index (χ1v) is 4.83. The van der Waals surface area contributed by atoms with Crippen molar-refractivity contribution in [2.75, 3.05) is 11.6 Å². The third-order valence-corrected chi connectivity index (χ3v) is 2.70. The van der Waals surface area contributed by atoms with E-state index in [0.29, 0.717) is 0 Å². The van der Waals surface area contributed by atoms with Crippen LogP contribution in [0.2, 0.25) is 0 Å². The Morgan fingerprint density at radius 3 is 2.50 bits per heavy atom. The van der Waals surface area contributed by atoms with Gasteiger partial charge in [0, 0.05) is 11.8 Å².